The average molecular weight is 253 g/mol. The molecule has 0 bridgehead atoms. The first kappa shape index (κ1) is 15.0. The lowest BCUT2D eigenvalue weighted by Gasteiger charge is -2.14. The van der Waals surface area contributed by atoms with Crippen molar-refractivity contribution in [2.75, 3.05) is 19.8 Å². The Morgan fingerprint density at radius 1 is 1.11 bits per heavy atom. The molecule has 102 valence electrons. The van der Waals surface area contributed by atoms with E-state index in [1.807, 2.05) is 24.3 Å². The van der Waals surface area contributed by atoms with E-state index in [1.165, 1.54) is 0 Å². The molecule has 18 heavy (non-hydrogen) atoms. The fourth-order valence-electron chi connectivity index (χ4n) is 1.40. The standard InChI is InChI=1S/C14H23NO3/c1-11(2)8-17-9-13(16)10-18-14-5-3-12(7-15)4-6-14/h3-6,11,13,16H,7-10,15H2,1-2H3. The van der Waals surface area contributed by atoms with Gasteiger partial charge in [-0.05, 0) is 23.6 Å². The van der Waals surface area contributed by atoms with Gasteiger partial charge in [0.05, 0.1) is 6.61 Å². The summed E-state index contributed by atoms with van der Waals surface area (Å²) in [6, 6.07) is 7.53. The monoisotopic (exact) mass is 253 g/mol. The number of aliphatic hydroxyl groups excluding tert-OH is 1. The third-order valence-electron chi connectivity index (χ3n) is 2.36. The van der Waals surface area contributed by atoms with E-state index in [0.29, 0.717) is 25.7 Å². The van der Waals surface area contributed by atoms with Crippen molar-refractivity contribution in [2.24, 2.45) is 11.7 Å². The lowest BCUT2D eigenvalue weighted by atomic mass is 10.2. The van der Waals surface area contributed by atoms with Crippen LogP contribution >= 0.6 is 0 Å². The number of rotatable bonds is 8. The second kappa shape index (κ2) is 8.08. The van der Waals surface area contributed by atoms with Crippen LogP contribution in [0, 0.1) is 5.92 Å². The highest BCUT2D eigenvalue weighted by Gasteiger charge is 2.06. The van der Waals surface area contributed by atoms with E-state index in [-0.39, 0.29) is 6.61 Å². The Bertz CT molecular complexity index is 324. The van der Waals surface area contributed by atoms with Crippen LogP contribution in [0.4, 0.5) is 0 Å². The van der Waals surface area contributed by atoms with Gasteiger partial charge in [-0.3, -0.25) is 0 Å². The molecule has 1 unspecified atom stereocenters. The number of hydrogen-bond acceptors (Lipinski definition) is 4. The van der Waals surface area contributed by atoms with Gasteiger partial charge >= 0.3 is 0 Å². The molecule has 0 heterocycles. The highest BCUT2D eigenvalue weighted by Crippen LogP contribution is 2.12. The zero-order valence-corrected chi connectivity index (χ0v) is 11.1. The molecule has 0 aliphatic heterocycles. The summed E-state index contributed by atoms with van der Waals surface area (Å²) in [7, 11) is 0. The molecule has 0 saturated carbocycles. The summed E-state index contributed by atoms with van der Waals surface area (Å²) < 4.78 is 10.8. The molecule has 1 aromatic carbocycles. The topological polar surface area (TPSA) is 64.7 Å². The van der Waals surface area contributed by atoms with E-state index < -0.39 is 6.10 Å². The highest BCUT2D eigenvalue weighted by atomic mass is 16.5. The minimum atomic E-state index is -0.599. The van der Waals surface area contributed by atoms with Crippen molar-refractivity contribution >= 4 is 0 Å². The second-order valence-corrected chi connectivity index (χ2v) is 4.74. The summed E-state index contributed by atoms with van der Waals surface area (Å²) in [5.41, 5.74) is 6.56. The molecule has 0 radical (unpaired) electrons. The van der Waals surface area contributed by atoms with Crippen LogP contribution in [0.3, 0.4) is 0 Å². The molecule has 1 atom stereocenters. The predicted octanol–water partition coefficient (Wildman–Crippen LogP) is 1.56. The van der Waals surface area contributed by atoms with Crippen molar-refractivity contribution in [2.45, 2.75) is 26.5 Å². The van der Waals surface area contributed by atoms with Gasteiger partial charge in [-0.2, -0.15) is 0 Å². The summed E-state index contributed by atoms with van der Waals surface area (Å²) in [5.74, 6) is 1.21. The molecular formula is C14H23NO3. The molecule has 3 N–H and O–H groups in total. The lowest BCUT2D eigenvalue weighted by molar-refractivity contribution is 0.00393. The lowest BCUT2D eigenvalue weighted by Crippen LogP contribution is -2.24. The molecule has 0 amide bonds. The van der Waals surface area contributed by atoms with Gasteiger partial charge in [0, 0.05) is 13.2 Å². The summed E-state index contributed by atoms with van der Waals surface area (Å²) in [5, 5.41) is 9.65. The van der Waals surface area contributed by atoms with E-state index in [2.05, 4.69) is 13.8 Å². The number of aliphatic hydroxyl groups is 1. The van der Waals surface area contributed by atoms with Crippen LogP contribution in [0.5, 0.6) is 5.75 Å². The highest BCUT2D eigenvalue weighted by molar-refractivity contribution is 5.27. The van der Waals surface area contributed by atoms with Crippen LogP contribution < -0.4 is 10.5 Å². The minimum absolute atomic E-state index is 0.236. The van der Waals surface area contributed by atoms with E-state index in [1.54, 1.807) is 0 Å². The van der Waals surface area contributed by atoms with Crippen LogP contribution in [0.15, 0.2) is 24.3 Å². The normalized spacial score (nSPS) is 12.7. The minimum Gasteiger partial charge on any atom is -0.491 e. The molecular weight excluding hydrogens is 230 g/mol. The largest absolute Gasteiger partial charge is 0.491 e. The van der Waals surface area contributed by atoms with Crippen molar-refractivity contribution < 1.29 is 14.6 Å². The molecule has 0 aliphatic rings. The Balaban J connectivity index is 2.22. The molecule has 1 rings (SSSR count). The first-order valence-corrected chi connectivity index (χ1v) is 6.29. The smallest absolute Gasteiger partial charge is 0.119 e. The van der Waals surface area contributed by atoms with Crippen LogP contribution in [0.25, 0.3) is 0 Å². The Morgan fingerprint density at radius 3 is 2.33 bits per heavy atom. The molecule has 0 aromatic heterocycles. The summed E-state index contributed by atoms with van der Waals surface area (Å²) >= 11 is 0. The first-order valence-electron chi connectivity index (χ1n) is 6.29. The van der Waals surface area contributed by atoms with Crippen molar-refractivity contribution in [1.29, 1.82) is 0 Å². The Morgan fingerprint density at radius 2 is 1.78 bits per heavy atom. The van der Waals surface area contributed by atoms with E-state index in [4.69, 9.17) is 15.2 Å². The molecule has 0 aliphatic carbocycles. The summed E-state index contributed by atoms with van der Waals surface area (Å²) in [6.07, 6.45) is -0.599. The van der Waals surface area contributed by atoms with Crippen molar-refractivity contribution in [1.82, 2.24) is 0 Å². The molecule has 4 heteroatoms. The maximum atomic E-state index is 9.65. The number of benzene rings is 1. The number of nitrogens with two attached hydrogens (primary N) is 1. The third-order valence-corrected chi connectivity index (χ3v) is 2.36. The fraction of sp³-hybridized carbons (Fsp3) is 0.571. The van der Waals surface area contributed by atoms with Crippen molar-refractivity contribution in [3.63, 3.8) is 0 Å². The van der Waals surface area contributed by atoms with Crippen LogP contribution in [-0.4, -0.2) is 31.0 Å². The molecule has 0 saturated heterocycles. The van der Waals surface area contributed by atoms with E-state index in [9.17, 15) is 5.11 Å². The second-order valence-electron chi connectivity index (χ2n) is 4.74. The zero-order chi connectivity index (χ0) is 13.4. The van der Waals surface area contributed by atoms with Gasteiger partial charge < -0.3 is 20.3 Å². The predicted molar refractivity (Wildman–Crippen MR) is 71.5 cm³/mol. The molecule has 0 fully saturated rings. The zero-order valence-electron chi connectivity index (χ0n) is 11.1. The SMILES string of the molecule is CC(C)COCC(O)COc1ccc(CN)cc1. The van der Waals surface area contributed by atoms with Gasteiger partial charge in [-0.25, -0.2) is 0 Å². The maximum absolute atomic E-state index is 9.65. The van der Waals surface area contributed by atoms with Crippen LogP contribution in [0.2, 0.25) is 0 Å². The molecule has 4 nitrogen and oxygen atoms in total. The van der Waals surface area contributed by atoms with Crippen LogP contribution in [0.1, 0.15) is 19.4 Å². The van der Waals surface area contributed by atoms with Crippen molar-refractivity contribution in [3.05, 3.63) is 29.8 Å². The molecule has 0 spiro atoms. The van der Waals surface area contributed by atoms with E-state index in [0.717, 1.165) is 11.3 Å². The van der Waals surface area contributed by atoms with Crippen molar-refractivity contribution in [3.8, 4) is 5.75 Å². The van der Waals surface area contributed by atoms with Gasteiger partial charge in [-0.15, -0.1) is 0 Å². The average Bonchev–Trinajstić information content (AvgIpc) is 2.36. The number of ether oxygens (including phenoxy) is 2. The van der Waals surface area contributed by atoms with Gasteiger partial charge in [0.25, 0.3) is 0 Å². The fourth-order valence-corrected chi connectivity index (χ4v) is 1.40. The van der Waals surface area contributed by atoms with Gasteiger partial charge in [0.2, 0.25) is 0 Å². The van der Waals surface area contributed by atoms with Crippen LogP contribution in [-0.2, 0) is 11.3 Å². The van der Waals surface area contributed by atoms with Gasteiger partial charge in [0.1, 0.15) is 18.5 Å². The van der Waals surface area contributed by atoms with E-state index >= 15 is 0 Å². The first-order chi connectivity index (χ1) is 8.61. The molecule has 1 aromatic rings. The summed E-state index contributed by atoms with van der Waals surface area (Å²) in [4.78, 5) is 0. The Hall–Kier alpha value is -1.10. The Kier molecular flexibility index (Phi) is 6.72. The number of hydrogen-bond donors (Lipinski definition) is 2. The quantitative estimate of drug-likeness (QED) is 0.738. The van der Waals surface area contributed by atoms with Gasteiger partial charge in [-0.1, -0.05) is 26.0 Å². The maximum Gasteiger partial charge on any atom is 0.119 e. The van der Waals surface area contributed by atoms with Gasteiger partial charge in [0.15, 0.2) is 0 Å². The third kappa shape index (κ3) is 6.00. The summed E-state index contributed by atoms with van der Waals surface area (Å²) in [6.45, 7) is 5.86. The Labute approximate surface area is 109 Å².